The first-order valence-electron chi connectivity index (χ1n) is 3.57. The second-order valence-electron chi connectivity index (χ2n) is 2.56. The molecule has 0 amide bonds. The minimum absolute atomic E-state index is 0.406. The summed E-state index contributed by atoms with van der Waals surface area (Å²) < 4.78 is 0. The summed E-state index contributed by atoms with van der Waals surface area (Å²) in [7, 11) is 0. The van der Waals surface area contributed by atoms with Crippen LogP contribution in [0.15, 0.2) is 18.5 Å². The van der Waals surface area contributed by atoms with Crippen LogP contribution >= 0.6 is 0 Å². The Morgan fingerprint density at radius 3 is 2.73 bits per heavy atom. The van der Waals surface area contributed by atoms with E-state index in [0.717, 1.165) is 5.56 Å². The third-order valence-electron chi connectivity index (χ3n) is 1.09. The van der Waals surface area contributed by atoms with Crippen LogP contribution < -0.4 is 0 Å². The lowest BCUT2D eigenvalue weighted by molar-refractivity contribution is 0.866. The summed E-state index contributed by atoms with van der Waals surface area (Å²) in [4.78, 5) is 0. The van der Waals surface area contributed by atoms with Gasteiger partial charge < -0.3 is 0 Å². The highest BCUT2D eigenvalue weighted by Gasteiger charge is 1.84. The molecule has 0 atom stereocenters. The van der Waals surface area contributed by atoms with Gasteiger partial charge in [0, 0.05) is 11.5 Å². The topological polar surface area (TPSA) is 25.8 Å². The number of hydrogen-bond acceptors (Lipinski definition) is 2. The van der Waals surface area contributed by atoms with Gasteiger partial charge in [-0.3, -0.25) is 0 Å². The standard InChI is InChI=1S/C9H10N2/c1-8(2)3-4-9-5-6-10-11-7-9/h5-8H,1-2H3. The van der Waals surface area contributed by atoms with E-state index in [-0.39, 0.29) is 0 Å². The molecule has 1 rings (SSSR count). The van der Waals surface area contributed by atoms with Crippen LogP contribution in [0.3, 0.4) is 0 Å². The highest BCUT2D eigenvalue weighted by Crippen LogP contribution is 1.92. The molecule has 0 saturated carbocycles. The van der Waals surface area contributed by atoms with Crippen molar-refractivity contribution >= 4 is 0 Å². The quantitative estimate of drug-likeness (QED) is 0.518. The fourth-order valence-corrected chi connectivity index (χ4v) is 0.592. The molecule has 0 N–H and O–H groups in total. The average Bonchev–Trinajstić information content (AvgIpc) is 2.03. The third kappa shape index (κ3) is 2.81. The molecular formula is C9H10N2. The Bertz CT molecular complexity index is 267. The largest absolute Gasteiger partial charge is 0.159 e. The van der Waals surface area contributed by atoms with Crippen LogP contribution in [0.1, 0.15) is 19.4 Å². The van der Waals surface area contributed by atoms with Gasteiger partial charge in [-0.2, -0.15) is 10.2 Å². The van der Waals surface area contributed by atoms with Crippen molar-refractivity contribution in [2.24, 2.45) is 5.92 Å². The second-order valence-corrected chi connectivity index (χ2v) is 2.56. The fraction of sp³-hybridized carbons (Fsp3) is 0.333. The number of rotatable bonds is 0. The zero-order valence-corrected chi connectivity index (χ0v) is 6.70. The maximum absolute atomic E-state index is 3.71. The van der Waals surface area contributed by atoms with Crippen molar-refractivity contribution in [3.63, 3.8) is 0 Å². The Morgan fingerprint density at radius 1 is 1.36 bits per heavy atom. The monoisotopic (exact) mass is 146 g/mol. The highest BCUT2D eigenvalue weighted by atomic mass is 15.1. The molecule has 56 valence electrons. The Morgan fingerprint density at radius 2 is 2.18 bits per heavy atom. The number of aromatic nitrogens is 2. The van der Waals surface area contributed by atoms with Crippen LogP contribution in [-0.4, -0.2) is 10.2 Å². The van der Waals surface area contributed by atoms with Crippen LogP contribution in [0.2, 0.25) is 0 Å². The molecule has 0 aliphatic heterocycles. The molecule has 11 heavy (non-hydrogen) atoms. The first-order valence-corrected chi connectivity index (χ1v) is 3.57. The summed E-state index contributed by atoms with van der Waals surface area (Å²) in [5, 5.41) is 7.36. The van der Waals surface area contributed by atoms with E-state index in [9.17, 15) is 0 Å². The van der Waals surface area contributed by atoms with Crippen LogP contribution in [0.5, 0.6) is 0 Å². The van der Waals surface area contributed by atoms with E-state index in [2.05, 4.69) is 35.9 Å². The molecule has 2 heteroatoms. The van der Waals surface area contributed by atoms with Crippen LogP contribution in [0, 0.1) is 17.8 Å². The zero-order chi connectivity index (χ0) is 8.10. The minimum atomic E-state index is 0.406. The molecule has 0 aliphatic carbocycles. The normalized spacial score (nSPS) is 9.00. The molecule has 1 aromatic heterocycles. The third-order valence-corrected chi connectivity index (χ3v) is 1.09. The van der Waals surface area contributed by atoms with Crippen LogP contribution in [-0.2, 0) is 0 Å². The maximum atomic E-state index is 3.71. The van der Waals surface area contributed by atoms with Crippen molar-refractivity contribution in [1.82, 2.24) is 10.2 Å². The summed E-state index contributed by atoms with van der Waals surface area (Å²) in [5.74, 6) is 6.44. The van der Waals surface area contributed by atoms with Crippen molar-refractivity contribution in [1.29, 1.82) is 0 Å². The molecule has 2 nitrogen and oxygen atoms in total. The van der Waals surface area contributed by atoms with E-state index in [1.807, 2.05) is 6.07 Å². The van der Waals surface area contributed by atoms with Crippen molar-refractivity contribution < 1.29 is 0 Å². The molecule has 1 heterocycles. The van der Waals surface area contributed by atoms with E-state index >= 15 is 0 Å². The molecule has 0 fully saturated rings. The van der Waals surface area contributed by atoms with E-state index in [1.54, 1.807) is 12.4 Å². The van der Waals surface area contributed by atoms with Gasteiger partial charge in [0.15, 0.2) is 0 Å². The second kappa shape index (κ2) is 3.72. The van der Waals surface area contributed by atoms with Crippen LogP contribution in [0.4, 0.5) is 0 Å². The first-order chi connectivity index (χ1) is 5.29. The van der Waals surface area contributed by atoms with Crippen molar-refractivity contribution in [3.8, 4) is 11.8 Å². The highest BCUT2D eigenvalue weighted by molar-refractivity contribution is 5.30. The fourth-order valence-electron chi connectivity index (χ4n) is 0.592. The summed E-state index contributed by atoms with van der Waals surface area (Å²) in [6.07, 6.45) is 3.31. The molecule has 0 aliphatic rings. The summed E-state index contributed by atoms with van der Waals surface area (Å²) in [5.41, 5.74) is 0.925. The molecule has 0 radical (unpaired) electrons. The SMILES string of the molecule is CC(C)C#Cc1ccnnc1. The predicted molar refractivity (Wildman–Crippen MR) is 43.7 cm³/mol. The number of nitrogens with zero attached hydrogens (tertiary/aromatic N) is 2. The number of hydrogen-bond donors (Lipinski definition) is 0. The zero-order valence-electron chi connectivity index (χ0n) is 6.70. The van der Waals surface area contributed by atoms with Gasteiger partial charge in [-0.05, 0) is 6.07 Å². The Hall–Kier alpha value is -1.36. The molecule has 0 aromatic carbocycles. The smallest absolute Gasteiger partial charge is 0.0652 e. The predicted octanol–water partition coefficient (Wildman–Crippen LogP) is 1.48. The van der Waals surface area contributed by atoms with Crippen LogP contribution in [0.25, 0.3) is 0 Å². The van der Waals surface area contributed by atoms with Gasteiger partial charge in [-0.1, -0.05) is 25.7 Å². The van der Waals surface area contributed by atoms with Gasteiger partial charge in [0.25, 0.3) is 0 Å². The van der Waals surface area contributed by atoms with Crippen molar-refractivity contribution in [2.75, 3.05) is 0 Å². The van der Waals surface area contributed by atoms with Gasteiger partial charge >= 0.3 is 0 Å². The summed E-state index contributed by atoms with van der Waals surface area (Å²) in [6, 6.07) is 1.85. The van der Waals surface area contributed by atoms with Gasteiger partial charge in [-0.25, -0.2) is 0 Å². The lowest BCUT2D eigenvalue weighted by Crippen LogP contribution is -1.82. The Labute approximate surface area is 66.7 Å². The molecule has 0 spiro atoms. The van der Waals surface area contributed by atoms with E-state index < -0.39 is 0 Å². The lowest BCUT2D eigenvalue weighted by Gasteiger charge is -1.87. The van der Waals surface area contributed by atoms with Gasteiger partial charge in [0.1, 0.15) is 0 Å². The maximum Gasteiger partial charge on any atom is 0.0652 e. The van der Waals surface area contributed by atoms with E-state index in [1.165, 1.54) is 0 Å². The summed E-state index contributed by atoms with van der Waals surface area (Å²) >= 11 is 0. The lowest BCUT2D eigenvalue weighted by atomic mass is 10.2. The molecule has 0 saturated heterocycles. The Kier molecular flexibility index (Phi) is 2.62. The molecule has 1 aromatic rings. The van der Waals surface area contributed by atoms with Gasteiger partial charge in [-0.15, -0.1) is 0 Å². The average molecular weight is 146 g/mol. The van der Waals surface area contributed by atoms with Crippen molar-refractivity contribution in [2.45, 2.75) is 13.8 Å². The van der Waals surface area contributed by atoms with Gasteiger partial charge in [0.2, 0.25) is 0 Å². The molecule has 0 bridgehead atoms. The van der Waals surface area contributed by atoms with E-state index in [0.29, 0.717) is 5.92 Å². The Balaban J connectivity index is 2.75. The molecular weight excluding hydrogens is 136 g/mol. The minimum Gasteiger partial charge on any atom is -0.159 e. The molecule has 0 unspecified atom stereocenters. The first kappa shape index (κ1) is 7.74. The van der Waals surface area contributed by atoms with Crippen molar-refractivity contribution in [3.05, 3.63) is 24.0 Å². The van der Waals surface area contributed by atoms with Gasteiger partial charge in [0.05, 0.1) is 12.4 Å². The summed E-state index contributed by atoms with van der Waals surface area (Å²) in [6.45, 7) is 4.11. The van der Waals surface area contributed by atoms with E-state index in [4.69, 9.17) is 0 Å².